The number of phenols is 1. The summed E-state index contributed by atoms with van der Waals surface area (Å²) >= 11 is 0. The molecule has 3 aromatic rings. The van der Waals surface area contributed by atoms with Gasteiger partial charge in [0.15, 0.2) is 0 Å². The summed E-state index contributed by atoms with van der Waals surface area (Å²) in [5, 5.41) is 11.1. The van der Waals surface area contributed by atoms with Gasteiger partial charge in [0.25, 0.3) is 5.56 Å². The molecule has 2 aromatic carbocycles. The van der Waals surface area contributed by atoms with Crippen LogP contribution in [-0.2, 0) is 10.8 Å². The molecule has 0 aliphatic heterocycles. The van der Waals surface area contributed by atoms with E-state index in [4.69, 9.17) is 0 Å². The number of hydrogen-bond donors (Lipinski definition) is 1. The normalized spacial score (nSPS) is 13.3. The van der Waals surface area contributed by atoms with Crippen LogP contribution < -0.4 is 5.56 Å². The Morgan fingerprint density at radius 3 is 1.80 bits per heavy atom. The van der Waals surface area contributed by atoms with Gasteiger partial charge in [0.05, 0.1) is 6.04 Å². The average molecular weight is 404 g/mol. The van der Waals surface area contributed by atoms with E-state index in [1.54, 1.807) is 16.7 Å². The molecule has 0 fully saturated rings. The first-order valence-electron chi connectivity index (χ1n) is 10.5. The molecule has 3 nitrogen and oxygen atoms in total. The standard InChI is InChI=1S/C27H33NO2/c1-18-11-13-19(14-12-18)24(28-15-9-8-10-23(28)29)20-16-21(26(2,3)4)25(30)22(17-20)27(5,6)7/h8-17,24,30H,1-7H3. The second-order valence-electron chi connectivity index (χ2n) is 10.2. The van der Waals surface area contributed by atoms with Crippen molar-refractivity contribution in [2.24, 2.45) is 0 Å². The lowest BCUT2D eigenvalue weighted by molar-refractivity contribution is 0.422. The highest BCUT2D eigenvalue weighted by Gasteiger charge is 2.29. The van der Waals surface area contributed by atoms with Crippen molar-refractivity contribution in [2.45, 2.75) is 65.3 Å². The van der Waals surface area contributed by atoms with E-state index >= 15 is 0 Å². The molecule has 0 bridgehead atoms. The zero-order valence-corrected chi connectivity index (χ0v) is 19.2. The fourth-order valence-corrected chi connectivity index (χ4v) is 3.87. The molecule has 1 N–H and O–H groups in total. The molecule has 0 spiro atoms. The van der Waals surface area contributed by atoms with Crippen LogP contribution in [0.3, 0.4) is 0 Å². The van der Waals surface area contributed by atoms with Gasteiger partial charge in [-0.2, -0.15) is 0 Å². The molecule has 1 aromatic heterocycles. The maximum atomic E-state index is 12.8. The number of aromatic hydroxyl groups is 1. The van der Waals surface area contributed by atoms with Crippen molar-refractivity contribution in [3.8, 4) is 5.75 Å². The minimum Gasteiger partial charge on any atom is -0.507 e. The van der Waals surface area contributed by atoms with Crippen LogP contribution in [0.4, 0.5) is 0 Å². The largest absolute Gasteiger partial charge is 0.507 e. The van der Waals surface area contributed by atoms with Gasteiger partial charge in [-0.15, -0.1) is 0 Å². The molecule has 1 heterocycles. The quantitative estimate of drug-likeness (QED) is 0.574. The summed E-state index contributed by atoms with van der Waals surface area (Å²) in [4.78, 5) is 12.8. The number of aromatic nitrogens is 1. The van der Waals surface area contributed by atoms with Crippen molar-refractivity contribution in [1.29, 1.82) is 0 Å². The van der Waals surface area contributed by atoms with Crippen LogP contribution in [0.25, 0.3) is 0 Å². The van der Waals surface area contributed by atoms with Gasteiger partial charge in [-0.25, -0.2) is 0 Å². The van der Waals surface area contributed by atoms with Crippen molar-refractivity contribution in [3.63, 3.8) is 0 Å². The molecule has 0 amide bonds. The van der Waals surface area contributed by atoms with Crippen molar-refractivity contribution >= 4 is 0 Å². The van der Waals surface area contributed by atoms with Crippen molar-refractivity contribution in [2.75, 3.05) is 0 Å². The second-order valence-corrected chi connectivity index (χ2v) is 10.2. The Bertz CT molecular complexity index is 1060. The first kappa shape index (κ1) is 21.9. The Morgan fingerprint density at radius 1 is 0.800 bits per heavy atom. The molecule has 1 unspecified atom stereocenters. The van der Waals surface area contributed by atoms with Gasteiger partial charge in [-0.3, -0.25) is 4.79 Å². The minimum absolute atomic E-state index is 0.0502. The predicted molar refractivity (Wildman–Crippen MR) is 125 cm³/mol. The number of phenolic OH excluding ortho intramolecular Hbond substituents is 1. The van der Waals surface area contributed by atoms with E-state index in [1.165, 1.54) is 5.56 Å². The average Bonchev–Trinajstić information content (AvgIpc) is 2.64. The summed E-state index contributed by atoms with van der Waals surface area (Å²) in [5.41, 5.74) is 4.48. The Morgan fingerprint density at radius 2 is 1.33 bits per heavy atom. The fraction of sp³-hybridized carbons (Fsp3) is 0.370. The van der Waals surface area contributed by atoms with Crippen LogP contribution in [0, 0.1) is 6.92 Å². The van der Waals surface area contributed by atoms with Gasteiger partial charge in [0.2, 0.25) is 0 Å². The van der Waals surface area contributed by atoms with E-state index in [-0.39, 0.29) is 22.4 Å². The summed E-state index contributed by atoms with van der Waals surface area (Å²) < 4.78 is 1.77. The second kappa shape index (κ2) is 7.79. The van der Waals surface area contributed by atoms with Crippen LogP contribution in [0.15, 0.2) is 65.6 Å². The highest BCUT2D eigenvalue weighted by atomic mass is 16.3. The van der Waals surface area contributed by atoms with Crippen LogP contribution in [0.5, 0.6) is 5.75 Å². The Kier molecular flexibility index (Phi) is 5.68. The van der Waals surface area contributed by atoms with Gasteiger partial charge >= 0.3 is 0 Å². The lowest BCUT2D eigenvalue weighted by Gasteiger charge is -2.30. The molecule has 30 heavy (non-hydrogen) atoms. The number of nitrogens with zero attached hydrogens (tertiary/aromatic N) is 1. The van der Waals surface area contributed by atoms with E-state index in [9.17, 15) is 9.90 Å². The molecule has 0 aliphatic carbocycles. The molecule has 3 heteroatoms. The SMILES string of the molecule is Cc1ccc(C(c2cc(C(C)(C)C)c(O)c(C(C)(C)C)c2)n2ccccc2=O)cc1. The summed E-state index contributed by atoms with van der Waals surface area (Å²) in [5.74, 6) is 0.349. The third-order valence-corrected chi connectivity index (χ3v) is 5.59. The van der Waals surface area contributed by atoms with E-state index in [0.29, 0.717) is 5.75 Å². The number of benzene rings is 2. The van der Waals surface area contributed by atoms with Crippen LogP contribution in [0.1, 0.15) is 75.4 Å². The third-order valence-electron chi connectivity index (χ3n) is 5.59. The number of hydrogen-bond acceptors (Lipinski definition) is 2. The van der Waals surface area contributed by atoms with E-state index < -0.39 is 0 Å². The van der Waals surface area contributed by atoms with Gasteiger partial charge in [0, 0.05) is 12.3 Å². The van der Waals surface area contributed by atoms with Crippen LogP contribution in [-0.4, -0.2) is 9.67 Å². The monoisotopic (exact) mass is 403 g/mol. The lowest BCUT2D eigenvalue weighted by Crippen LogP contribution is -2.26. The number of pyridine rings is 1. The molecule has 3 rings (SSSR count). The molecule has 0 saturated heterocycles. The molecule has 158 valence electrons. The summed E-state index contributed by atoms with van der Waals surface area (Å²) in [6, 6.07) is 17.4. The fourth-order valence-electron chi connectivity index (χ4n) is 3.87. The molecule has 1 atom stereocenters. The van der Waals surface area contributed by atoms with Crippen molar-refractivity contribution in [3.05, 3.63) is 99.0 Å². The van der Waals surface area contributed by atoms with E-state index in [2.05, 4.69) is 84.9 Å². The Balaban J connectivity index is 2.37. The molecule has 0 radical (unpaired) electrons. The highest BCUT2D eigenvalue weighted by Crippen LogP contribution is 2.42. The molecule has 0 saturated carbocycles. The van der Waals surface area contributed by atoms with E-state index in [0.717, 1.165) is 22.3 Å². The summed E-state index contributed by atoms with van der Waals surface area (Å²) in [7, 11) is 0. The predicted octanol–water partition coefficient (Wildman–Crippen LogP) is 6.10. The lowest BCUT2D eigenvalue weighted by atomic mass is 9.77. The van der Waals surface area contributed by atoms with Gasteiger partial charge in [0.1, 0.15) is 5.75 Å². The van der Waals surface area contributed by atoms with Gasteiger partial charge in [-0.1, -0.05) is 77.4 Å². The van der Waals surface area contributed by atoms with Gasteiger partial charge in [-0.05, 0) is 58.2 Å². The Labute approximate surface area is 180 Å². The zero-order chi connectivity index (χ0) is 22.3. The molecular weight excluding hydrogens is 370 g/mol. The Hall–Kier alpha value is -2.81. The number of aryl methyl sites for hydroxylation is 1. The summed E-state index contributed by atoms with van der Waals surface area (Å²) in [6.07, 6.45) is 1.84. The van der Waals surface area contributed by atoms with Crippen molar-refractivity contribution in [1.82, 2.24) is 4.57 Å². The number of rotatable bonds is 3. The van der Waals surface area contributed by atoms with Gasteiger partial charge < -0.3 is 9.67 Å². The maximum Gasteiger partial charge on any atom is 0.251 e. The third kappa shape index (κ3) is 4.35. The molecule has 0 aliphatic rings. The minimum atomic E-state index is -0.276. The summed E-state index contributed by atoms with van der Waals surface area (Å²) in [6.45, 7) is 14.7. The van der Waals surface area contributed by atoms with E-state index in [1.807, 2.05) is 12.3 Å². The maximum absolute atomic E-state index is 12.8. The highest BCUT2D eigenvalue weighted by molar-refractivity contribution is 5.52. The van der Waals surface area contributed by atoms with Crippen molar-refractivity contribution < 1.29 is 5.11 Å². The first-order valence-corrected chi connectivity index (χ1v) is 10.5. The zero-order valence-electron chi connectivity index (χ0n) is 19.2. The van der Waals surface area contributed by atoms with Crippen LogP contribution in [0.2, 0.25) is 0 Å². The smallest absolute Gasteiger partial charge is 0.251 e. The topological polar surface area (TPSA) is 42.2 Å². The first-order chi connectivity index (χ1) is 13.9. The van der Waals surface area contributed by atoms with Crippen LogP contribution >= 0.6 is 0 Å². The molecular formula is C27H33NO2.